The summed E-state index contributed by atoms with van der Waals surface area (Å²) in [5.74, 6) is -0.338. The number of carbonyl (C=O) groups is 2. The van der Waals surface area contributed by atoms with Gasteiger partial charge in [0, 0.05) is 24.3 Å². The number of aryl methyl sites for hydroxylation is 1. The summed E-state index contributed by atoms with van der Waals surface area (Å²) < 4.78 is 13.9. The number of amides is 2. The van der Waals surface area contributed by atoms with E-state index in [2.05, 4.69) is 0 Å². The Balaban J connectivity index is 1.42. The molecule has 1 unspecified atom stereocenters. The van der Waals surface area contributed by atoms with Gasteiger partial charge in [0.1, 0.15) is 5.82 Å². The lowest BCUT2D eigenvalue weighted by atomic mass is 9.62. The molecular formula is C27H25FN2O2. The maximum atomic E-state index is 13.9. The Labute approximate surface area is 187 Å². The highest BCUT2D eigenvalue weighted by Crippen LogP contribution is 2.57. The number of hydrogen-bond donors (Lipinski definition) is 0. The molecule has 32 heavy (non-hydrogen) atoms. The number of hydrogen-bond acceptors (Lipinski definition) is 2. The van der Waals surface area contributed by atoms with E-state index in [4.69, 9.17) is 0 Å². The predicted molar refractivity (Wildman–Crippen MR) is 122 cm³/mol. The Morgan fingerprint density at radius 3 is 2.34 bits per heavy atom. The highest BCUT2D eigenvalue weighted by atomic mass is 19.1. The Kier molecular flexibility index (Phi) is 5.04. The first-order chi connectivity index (χ1) is 15.5. The predicted octanol–water partition coefficient (Wildman–Crippen LogP) is 5.14. The van der Waals surface area contributed by atoms with Crippen molar-refractivity contribution in [1.29, 1.82) is 0 Å². The monoisotopic (exact) mass is 428 g/mol. The first-order valence-corrected chi connectivity index (χ1v) is 11.0. The molecule has 162 valence electrons. The third-order valence-corrected chi connectivity index (χ3v) is 6.84. The second-order valence-electron chi connectivity index (χ2n) is 8.79. The summed E-state index contributed by atoms with van der Waals surface area (Å²) in [4.78, 5) is 30.1. The van der Waals surface area contributed by atoms with Gasteiger partial charge in [-0.15, -0.1) is 0 Å². The fourth-order valence-corrected chi connectivity index (χ4v) is 5.21. The van der Waals surface area contributed by atoms with Crippen LogP contribution in [0.4, 0.5) is 10.1 Å². The van der Waals surface area contributed by atoms with Crippen LogP contribution in [-0.4, -0.2) is 29.8 Å². The van der Waals surface area contributed by atoms with Gasteiger partial charge in [0.25, 0.3) is 5.91 Å². The summed E-state index contributed by atoms with van der Waals surface area (Å²) in [6.45, 7) is 3.03. The smallest absolute Gasteiger partial charge is 0.253 e. The van der Waals surface area contributed by atoms with Crippen molar-refractivity contribution in [3.8, 4) is 0 Å². The lowest BCUT2D eigenvalue weighted by molar-refractivity contribution is -0.144. The van der Waals surface area contributed by atoms with Crippen molar-refractivity contribution in [1.82, 2.24) is 4.90 Å². The normalized spacial score (nSPS) is 19.7. The van der Waals surface area contributed by atoms with Crippen LogP contribution < -0.4 is 4.90 Å². The van der Waals surface area contributed by atoms with Gasteiger partial charge in [-0.25, -0.2) is 4.39 Å². The van der Waals surface area contributed by atoms with Gasteiger partial charge < -0.3 is 9.80 Å². The van der Waals surface area contributed by atoms with Crippen molar-refractivity contribution >= 4 is 17.5 Å². The fourth-order valence-electron chi connectivity index (χ4n) is 5.21. The Hall–Kier alpha value is -3.47. The molecule has 0 aromatic heterocycles. The molecule has 2 amide bonds. The van der Waals surface area contributed by atoms with E-state index >= 15 is 0 Å². The standard InChI is InChI=1S/C27H25FN2O2/c1-19-7-5-10-21(17-19)25(31)29-15-13-27(14-16-29)24(20-8-3-2-4-9-20)30(26(27)32)23-12-6-11-22(28)18-23/h2-12,17-18,24H,13-16H2,1H3. The lowest BCUT2D eigenvalue weighted by Crippen LogP contribution is -2.67. The number of benzene rings is 3. The zero-order chi connectivity index (χ0) is 22.3. The number of piperidine rings is 1. The van der Waals surface area contributed by atoms with Crippen molar-refractivity contribution in [3.05, 3.63) is 101 Å². The second kappa shape index (κ2) is 7.90. The van der Waals surface area contributed by atoms with Gasteiger partial charge in [-0.1, -0.05) is 54.1 Å². The third-order valence-electron chi connectivity index (χ3n) is 6.84. The van der Waals surface area contributed by atoms with Crippen molar-refractivity contribution in [2.45, 2.75) is 25.8 Å². The quantitative estimate of drug-likeness (QED) is 0.542. The summed E-state index contributed by atoms with van der Waals surface area (Å²) in [6.07, 6.45) is 1.18. The minimum absolute atomic E-state index is 0.00794. The maximum absolute atomic E-state index is 13.9. The summed E-state index contributed by atoms with van der Waals surface area (Å²) in [5.41, 5.74) is 2.77. The van der Waals surface area contributed by atoms with E-state index in [0.717, 1.165) is 11.1 Å². The van der Waals surface area contributed by atoms with Crippen molar-refractivity contribution < 1.29 is 14.0 Å². The van der Waals surface area contributed by atoms with Gasteiger partial charge in [0.05, 0.1) is 11.5 Å². The molecule has 0 aliphatic carbocycles. The molecule has 2 fully saturated rings. The van der Waals surface area contributed by atoms with E-state index < -0.39 is 5.41 Å². The topological polar surface area (TPSA) is 40.6 Å². The molecule has 2 saturated heterocycles. The molecule has 0 bridgehead atoms. The molecule has 1 atom stereocenters. The van der Waals surface area contributed by atoms with Gasteiger partial charge in [0.2, 0.25) is 5.91 Å². The molecule has 1 spiro atoms. The first kappa shape index (κ1) is 20.4. The minimum Gasteiger partial charge on any atom is -0.339 e. The fraction of sp³-hybridized carbons (Fsp3) is 0.259. The molecule has 2 aliphatic heterocycles. The summed E-state index contributed by atoms with van der Waals surface area (Å²) in [7, 11) is 0. The van der Waals surface area contributed by atoms with E-state index in [1.54, 1.807) is 17.0 Å². The second-order valence-corrected chi connectivity index (χ2v) is 8.79. The number of carbonyl (C=O) groups excluding carboxylic acids is 2. The van der Waals surface area contributed by atoms with Crippen LogP contribution >= 0.6 is 0 Å². The molecule has 0 N–H and O–H groups in total. The van der Waals surface area contributed by atoms with Crippen LogP contribution in [0.15, 0.2) is 78.9 Å². The Morgan fingerprint density at radius 2 is 1.66 bits per heavy atom. The molecule has 5 heteroatoms. The number of anilines is 1. The van der Waals surface area contributed by atoms with Crippen LogP contribution in [-0.2, 0) is 4.79 Å². The van der Waals surface area contributed by atoms with Gasteiger partial charge in [-0.2, -0.15) is 0 Å². The van der Waals surface area contributed by atoms with E-state index in [0.29, 0.717) is 37.2 Å². The number of β-lactam (4-membered cyclic amide) rings is 1. The van der Waals surface area contributed by atoms with Crippen LogP contribution in [0.5, 0.6) is 0 Å². The molecule has 0 saturated carbocycles. The molecule has 2 heterocycles. The van der Waals surface area contributed by atoms with Crippen LogP contribution in [0.25, 0.3) is 0 Å². The number of halogens is 1. The molecule has 2 aliphatic rings. The lowest BCUT2D eigenvalue weighted by Gasteiger charge is -2.59. The van der Waals surface area contributed by atoms with E-state index in [1.165, 1.54) is 12.1 Å². The van der Waals surface area contributed by atoms with Gasteiger partial charge >= 0.3 is 0 Å². The van der Waals surface area contributed by atoms with Crippen molar-refractivity contribution in [2.75, 3.05) is 18.0 Å². The first-order valence-electron chi connectivity index (χ1n) is 11.0. The van der Waals surface area contributed by atoms with Gasteiger partial charge in [-0.3, -0.25) is 9.59 Å². The van der Waals surface area contributed by atoms with E-state index in [9.17, 15) is 14.0 Å². The molecule has 0 radical (unpaired) electrons. The minimum atomic E-state index is -0.572. The van der Waals surface area contributed by atoms with Gasteiger partial charge in [0.15, 0.2) is 0 Å². The van der Waals surface area contributed by atoms with E-state index in [1.807, 2.05) is 66.4 Å². The zero-order valence-electron chi connectivity index (χ0n) is 18.0. The molecule has 5 rings (SSSR count). The average molecular weight is 429 g/mol. The maximum Gasteiger partial charge on any atom is 0.253 e. The zero-order valence-corrected chi connectivity index (χ0v) is 18.0. The summed E-state index contributed by atoms with van der Waals surface area (Å²) >= 11 is 0. The Bertz CT molecular complexity index is 1170. The van der Waals surface area contributed by atoms with Crippen LogP contribution in [0.3, 0.4) is 0 Å². The molecule has 4 nitrogen and oxygen atoms in total. The number of likely N-dealkylation sites (tertiary alicyclic amines) is 1. The van der Waals surface area contributed by atoms with Crippen LogP contribution in [0.2, 0.25) is 0 Å². The Morgan fingerprint density at radius 1 is 0.938 bits per heavy atom. The van der Waals surface area contributed by atoms with E-state index in [-0.39, 0.29) is 23.7 Å². The molecule has 3 aromatic rings. The largest absolute Gasteiger partial charge is 0.339 e. The van der Waals surface area contributed by atoms with Crippen LogP contribution in [0.1, 0.15) is 40.4 Å². The van der Waals surface area contributed by atoms with Crippen molar-refractivity contribution in [2.24, 2.45) is 5.41 Å². The number of nitrogens with zero attached hydrogens (tertiary/aromatic N) is 2. The van der Waals surface area contributed by atoms with Gasteiger partial charge in [-0.05, 0) is 55.7 Å². The highest BCUT2D eigenvalue weighted by molar-refractivity contribution is 6.06. The highest BCUT2D eigenvalue weighted by Gasteiger charge is 2.62. The van der Waals surface area contributed by atoms with Crippen molar-refractivity contribution in [3.63, 3.8) is 0 Å². The number of rotatable bonds is 3. The molecular weight excluding hydrogens is 403 g/mol. The summed E-state index contributed by atoms with van der Waals surface area (Å²) in [5, 5.41) is 0. The third kappa shape index (κ3) is 3.29. The average Bonchev–Trinajstić information content (AvgIpc) is 2.82. The summed E-state index contributed by atoms with van der Waals surface area (Å²) in [6, 6.07) is 23.6. The molecule has 3 aromatic carbocycles. The SMILES string of the molecule is Cc1cccc(C(=O)N2CCC3(CC2)C(=O)N(c2cccc(F)c2)C3c2ccccc2)c1. The van der Waals surface area contributed by atoms with Crippen LogP contribution in [0, 0.1) is 18.2 Å².